The molecule has 1 heterocycles. The Balaban J connectivity index is 2.37. The molecule has 0 atom stereocenters. The molecule has 1 aromatic heterocycles. The Bertz CT molecular complexity index is 865. The minimum absolute atomic E-state index is 0.149. The van der Waals surface area contributed by atoms with Gasteiger partial charge in [0.1, 0.15) is 16.6 Å². The first kappa shape index (κ1) is 20.7. The molecule has 1 aromatic carbocycles. The van der Waals surface area contributed by atoms with Gasteiger partial charge in [-0.15, -0.1) is 22.9 Å². The largest absolute Gasteiger partial charge is 0.497 e. The average Bonchev–Trinajstić information content (AvgIpc) is 2.98. The molecule has 7 nitrogen and oxygen atoms in total. The van der Waals surface area contributed by atoms with Gasteiger partial charge >= 0.3 is 5.97 Å². The first-order valence-corrected chi connectivity index (χ1v) is 9.38. The quantitative estimate of drug-likeness (QED) is 0.536. The molecule has 0 fully saturated rings. The number of methoxy groups -OCH3 is 1. The van der Waals surface area contributed by atoms with Gasteiger partial charge in [-0.2, -0.15) is 0 Å². The van der Waals surface area contributed by atoms with Crippen LogP contribution in [0.3, 0.4) is 0 Å². The van der Waals surface area contributed by atoms with Crippen LogP contribution < -0.4 is 15.4 Å². The van der Waals surface area contributed by atoms with Gasteiger partial charge in [0.2, 0.25) is 5.91 Å². The Kier molecular flexibility index (Phi) is 7.20. The molecule has 9 heteroatoms. The van der Waals surface area contributed by atoms with Crippen molar-refractivity contribution < 1.29 is 23.9 Å². The molecule has 0 aliphatic heterocycles. The van der Waals surface area contributed by atoms with Crippen molar-refractivity contribution in [2.45, 2.75) is 13.8 Å². The lowest BCUT2D eigenvalue weighted by molar-refractivity contribution is -0.113. The first-order chi connectivity index (χ1) is 12.9. The first-order valence-electron chi connectivity index (χ1n) is 8.03. The number of carbonyl (C=O) groups is 3. The van der Waals surface area contributed by atoms with Crippen molar-refractivity contribution in [3.63, 3.8) is 0 Å². The summed E-state index contributed by atoms with van der Waals surface area (Å²) in [5, 5.41) is 5.53. The highest BCUT2D eigenvalue weighted by molar-refractivity contribution is 7.19. The molecule has 2 amide bonds. The monoisotopic (exact) mass is 410 g/mol. The highest BCUT2D eigenvalue weighted by Gasteiger charge is 2.26. The third-order valence-electron chi connectivity index (χ3n) is 3.53. The number of hydrogen-bond acceptors (Lipinski definition) is 6. The molecular weight excluding hydrogens is 392 g/mol. The van der Waals surface area contributed by atoms with E-state index in [0.717, 1.165) is 11.3 Å². The normalized spacial score (nSPS) is 10.2. The highest BCUT2D eigenvalue weighted by Crippen LogP contribution is 2.34. The standard InChI is InChI=1S/C18H19ClN2O5S/c1-4-26-18(24)14-10(2)15(27-17(14)21-13(22)9-19)16(23)20-11-6-5-7-12(8-11)25-3/h5-8H,4,9H2,1-3H3,(H,20,23)(H,21,22). The number of hydrogen-bond donors (Lipinski definition) is 2. The fraction of sp³-hybridized carbons (Fsp3) is 0.278. The molecule has 0 radical (unpaired) electrons. The van der Waals surface area contributed by atoms with Crippen LogP contribution in [0.15, 0.2) is 24.3 Å². The Morgan fingerprint density at radius 1 is 1.22 bits per heavy atom. The number of anilines is 2. The smallest absolute Gasteiger partial charge is 0.341 e. The van der Waals surface area contributed by atoms with Crippen LogP contribution in [0.2, 0.25) is 0 Å². The van der Waals surface area contributed by atoms with Gasteiger partial charge < -0.3 is 20.1 Å². The van der Waals surface area contributed by atoms with E-state index >= 15 is 0 Å². The van der Waals surface area contributed by atoms with Gasteiger partial charge in [-0.3, -0.25) is 9.59 Å². The zero-order valence-electron chi connectivity index (χ0n) is 15.1. The van der Waals surface area contributed by atoms with E-state index in [-0.39, 0.29) is 27.9 Å². The number of esters is 1. The molecule has 144 valence electrons. The molecule has 0 unspecified atom stereocenters. The summed E-state index contributed by atoms with van der Waals surface area (Å²) in [6.45, 7) is 3.47. The van der Waals surface area contributed by atoms with E-state index in [4.69, 9.17) is 21.1 Å². The lowest BCUT2D eigenvalue weighted by atomic mass is 10.1. The summed E-state index contributed by atoms with van der Waals surface area (Å²) in [6.07, 6.45) is 0. The van der Waals surface area contributed by atoms with Gasteiger partial charge in [0, 0.05) is 11.8 Å². The third kappa shape index (κ3) is 4.99. The molecule has 0 saturated carbocycles. The summed E-state index contributed by atoms with van der Waals surface area (Å²) in [4.78, 5) is 36.9. The van der Waals surface area contributed by atoms with Crippen LogP contribution in [0.5, 0.6) is 5.75 Å². The second-order valence-corrected chi connectivity index (χ2v) is 6.64. The van der Waals surface area contributed by atoms with Crippen LogP contribution in [0.25, 0.3) is 0 Å². The number of alkyl halides is 1. The van der Waals surface area contributed by atoms with Crippen LogP contribution >= 0.6 is 22.9 Å². The van der Waals surface area contributed by atoms with Crippen molar-refractivity contribution >= 4 is 51.4 Å². The number of halogens is 1. The van der Waals surface area contributed by atoms with Gasteiger partial charge in [-0.05, 0) is 31.5 Å². The number of carbonyl (C=O) groups excluding carboxylic acids is 3. The van der Waals surface area contributed by atoms with Crippen molar-refractivity contribution in [2.24, 2.45) is 0 Å². The summed E-state index contributed by atoms with van der Waals surface area (Å²) in [5.74, 6) is -1.19. The molecule has 27 heavy (non-hydrogen) atoms. The number of ether oxygens (including phenoxy) is 2. The predicted molar refractivity (Wildman–Crippen MR) is 105 cm³/mol. The van der Waals surface area contributed by atoms with Crippen LogP contribution in [0.1, 0.15) is 32.5 Å². The summed E-state index contributed by atoms with van der Waals surface area (Å²) in [6, 6.07) is 6.88. The Hall–Kier alpha value is -2.58. The molecule has 0 spiro atoms. The second-order valence-electron chi connectivity index (χ2n) is 5.35. The molecule has 2 N–H and O–H groups in total. The van der Waals surface area contributed by atoms with Gasteiger partial charge in [0.25, 0.3) is 5.91 Å². The SMILES string of the molecule is CCOC(=O)c1c(NC(=O)CCl)sc(C(=O)Nc2cccc(OC)c2)c1C. The van der Waals surface area contributed by atoms with E-state index in [9.17, 15) is 14.4 Å². The van der Waals surface area contributed by atoms with Crippen LogP contribution in [-0.2, 0) is 9.53 Å². The topological polar surface area (TPSA) is 93.7 Å². The van der Waals surface area contributed by atoms with Crippen molar-refractivity contribution in [3.05, 3.63) is 40.3 Å². The lowest BCUT2D eigenvalue weighted by Crippen LogP contribution is -2.15. The molecule has 2 rings (SSSR count). The minimum Gasteiger partial charge on any atom is -0.497 e. The maximum atomic E-state index is 12.7. The zero-order valence-corrected chi connectivity index (χ0v) is 16.6. The molecule has 0 saturated heterocycles. The van der Waals surface area contributed by atoms with E-state index in [1.807, 2.05) is 0 Å². The van der Waals surface area contributed by atoms with E-state index < -0.39 is 17.8 Å². The van der Waals surface area contributed by atoms with E-state index in [2.05, 4.69) is 10.6 Å². The van der Waals surface area contributed by atoms with Gasteiger partial charge in [-0.1, -0.05) is 6.07 Å². The summed E-state index contributed by atoms with van der Waals surface area (Å²) < 4.78 is 10.2. The number of benzene rings is 1. The summed E-state index contributed by atoms with van der Waals surface area (Å²) in [7, 11) is 1.53. The predicted octanol–water partition coefficient (Wildman–Crippen LogP) is 3.67. The maximum Gasteiger partial charge on any atom is 0.341 e. The van der Waals surface area contributed by atoms with Gasteiger partial charge in [0.15, 0.2) is 0 Å². The number of amides is 2. The maximum absolute atomic E-state index is 12.7. The zero-order chi connectivity index (χ0) is 20.0. The Morgan fingerprint density at radius 2 is 1.96 bits per heavy atom. The summed E-state index contributed by atoms with van der Waals surface area (Å²) in [5.41, 5.74) is 1.11. The molecule has 0 aliphatic rings. The van der Waals surface area contributed by atoms with Crippen molar-refractivity contribution in [2.75, 3.05) is 30.2 Å². The van der Waals surface area contributed by atoms with Crippen LogP contribution in [0, 0.1) is 6.92 Å². The van der Waals surface area contributed by atoms with Crippen molar-refractivity contribution in [1.82, 2.24) is 0 Å². The second kappa shape index (κ2) is 9.38. The Labute approximate surface area is 165 Å². The number of thiophene rings is 1. The van der Waals surface area contributed by atoms with E-state index in [1.165, 1.54) is 7.11 Å². The minimum atomic E-state index is -0.614. The fourth-order valence-electron chi connectivity index (χ4n) is 2.32. The van der Waals surface area contributed by atoms with Gasteiger partial charge in [-0.25, -0.2) is 4.79 Å². The Morgan fingerprint density at radius 3 is 2.59 bits per heavy atom. The highest BCUT2D eigenvalue weighted by atomic mass is 35.5. The van der Waals surface area contributed by atoms with E-state index in [0.29, 0.717) is 17.0 Å². The van der Waals surface area contributed by atoms with Crippen LogP contribution in [0.4, 0.5) is 10.7 Å². The van der Waals surface area contributed by atoms with Crippen LogP contribution in [-0.4, -0.2) is 37.4 Å². The molecule has 0 aliphatic carbocycles. The number of nitrogens with one attached hydrogen (secondary N) is 2. The lowest BCUT2D eigenvalue weighted by Gasteiger charge is -2.07. The van der Waals surface area contributed by atoms with Crippen molar-refractivity contribution in [1.29, 1.82) is 0 Å². The third-order valence-corrected chi connectivity index (χ3v) is 4.98. The number of rotatable bonds is 7. The summed E-state index contributed by atoms with van der Waals surface area (Å²) >= 11 is 6.51. The van der Waals surface area contributed by atoms with E-state index in [1.54, 1.807) is 38.1 Å². The van der Waals surface area contributed by atoms with Gasteiger partial charge in [0.05, 0.1) is 24.2 Å². The molecular formula is C18H19ClN2O5S. The average molecular weight is 411 g/mol. The fourth-order valence-corrected chi connectivity index (χ4v) is 3.49. The molecule has 2 aromatic rings. The van der Waals surface area contributed by atoms with Crippen molar-refractivity contribution in [3.8, 4) is 5.75 Å². The molecule has 0 bridgehead atoms.